The third-order valence-corrected chi connectivity index (χ3v) is 7.90. The van der Waals surface area contributed by atoms with Gasteiger partial charge < -0.3 is 5.32 Å². The van der Waals surface area contributed by atoms with Gasteiger partial charge in [0.1, 0.15) is 5.82 Å². The Labute approximate surface area is 135 Å². The number of hydrogen-bond donors (Lipinski definition) is 1. The molecule has 3 nitrogen and oxygen atoms in total. The highest BCUT2D eigenvalue weighted by Crippen LogP contribution is 2.46. The van der Waals surface area contributed by atoms with Gasteiger partial charge in [0.05, 0.1) is 16.6 Å². The first-order chi connectivity index (χ1) is 10.4. The topological polar surface area (TPSA) is 37.8 Å². The molecule has 2 fully saturated rings. The Morgan fingerprint density at radius 1 is 1.19 bits per heavy atom. The van der Waals surface area contributed by atoms with Gasteiger partial charge in [-0.3, -0.25) is 0 Å². The number of nitrogens with one attached hydrogen (secondary N) is 1. The maximum Gasteiger partial charge on any atom is 0.142 e. The van der Waals surface area contributed by atoms with Crippen LogP contribution in [0.15, 0.2) is 0 Å². The third kappa shape index (κ3) is 2.84. The monoisotopic (exact) mass is 321 g/mol. The minimum absolute atomic E-state index is 0.506. The van der Waals surface area contributed by atoms with Crippen LogP contribution in [0.5, 0.6) is 0 Å². The zero-order valence-electron chi connectivity index (χ0n) is 12.6. The van der Waals surface area contributed by atoms with Gasteiger partial charge in [0.2, 0.25) is 0 Å². The van der Waals surface area contributed by atoms with Gasteiger partial charge in [-0.2, -0.15) is 11.8 Å². The fraction of sp³-hybridized carbons (Fsp3) is 0.750. The van der Waals surface area contributed by atoms with Crippen LogP contribution in [0.3, 0.4) is 0 Å². The summed E-state index contributed by atoms with van der Waals surface area (Å²) in [5.41, 5.74) is 4.15. The van der Waals surface area contributed by atoms with Crippen molar-refractivity contribution >= 4 is 23.5 Å². The summed E-state index contributed by atoms with van der Waals surface area (Å²) in [5.74, 6) is 4.39. The summed E-state index contributed by atoms with van der Waals surface area (Å²) < 4.78 is 0. The Hall–Kier alpha value is -0.260. The molecule has 1 aromatic heterocycles. The fourth-order valence-electron chi connectivity index (χ4n) is 3.35. The van der Waals surface area contributed by atoms with Gasteiger partial charge in [-0.05, 0) is 19.3 Å². The van der Waals surface area contributed by atoms with Crippen LogP contribution < -0.4 is 5.32 Å². The van der Waals surface area contributed by atoms with Crippen LogP contribution in [-0.4, -0.2) is 33.3 Å². The Morgan fingerprint density at radius 2 is 2.05 bits per heavy atom. The molecule has 0 amide bonds. The summed E-state index contributed by atoms with van der Waals surface area (Å²) in [5, 5.41) is 4.69. The molecule has 114 valence electrons. The minimum atomic E-state index is 0.506. The molecular formula is C16H23N3S2. The lowest BCUT2D eigenvalue weighted by Crippen LogP contribution is -2.28. The minimum Gasteiger partial charge on any atom is -0.312 e. The van der Waals surface area contributed by atoms with E-state index in [2.05, 4.69) is 35.8 Å². The highest BCUT2D eigenvalue weighted by Gasteiger charge is 2.34. The molecule has 0 aromatic carbocycles. The van der Waals surface area contributed by atoms with Crippen LogP contribution >= 0.6 is 23.5 Å². The first-order valence-corrected chi connectivity index (χ1v) is 10.3. The molecule has 1 saturated heterocycles. The van der Waals surface area contributed by atoms with Gasteiger partial charge in [0.15, 0.2) is 0 Å². The Kier molecular flexibility index (Phi) is 4.16. The van der Waals surface area contributed by atoms with E-state index in [9.17, 15) is 0 Å². The number of hydrogen-bond acceptors (Lipinski definition) is 5. The molecule has 2 aliphatic heterocycles. The van der Waals surface area contributed by atoms with Crippen molar-refractivity contribution in [3.8, 4) is 0 Å². The normalized spacial score (nSPS) is 29.2. The van der Waals surface area contributed by atoms with Crippen molar-refractivity contribution in [3.05, 3.63) is 22.8 Å². The summed E-state index contributed by atoms with van der Waals surface area (Å²) in [6.45, 7) is 4.35. The van der Waals surface area contributed by atoms with Crippen LogP contribution in [0.25, 0.3) is 0 Å². The molecule has 1 N–H and O–H groups in total. The molecule has 3 heterocycles. The SMILES string of the molecule is CCC1SCCSC1c1nc2c(c(C3CC3)n1)CNCC2. The average molecular weight is 322 g/mol. The molecule has 3 aliphatic rings. The number of rotatable bonds is 3. The van der Waals surface area contributed by atoms with E-state index in [0.29, 0.717) is 10.5 Å². The molecule has 2 atom stereocenters. The van der Waals surface area contributed by atoms with E-state index in [-0.39, 0.29) is 0 Å². The molecule has 1 aromatic rings. The number of fused-ring (bicyclic) bond motifs is 1. The summed E-state index contributed by atoms with van der Waals surface area (Å²) in [4.78, 5) is 10.1. The second kappa shape index (κ2) is 6.09. The zero-order chi connectivity index (χ0) is 14.2. The summed E-state index contributed by atoms with van der Waals surface area (Å²) in [7, 11) is 0. The first kappa shape index (κ1) is 14.3. The van der Waals surface area contributed by atoms with Crippen molar-refractivity contribution in [2.75, 3.05) is 18.1 Å². The van der Waals surface area contributed by atoms with Gasteiger partial charge >= 0.3 is 0 Å². The molecule has 21 heavy (non-hydrogen) atoms. The van der Waals surface area contributed by atoms with Gasteiger partial charge in [-0.25, -0.2) is 9.97 Å². The zero-order valence-corrected chi connectivity index (χ0v) is 14.2. The molecule has 1 aliphatic carbocycles. The van der Waals surface area contributed by atoms with Crippen molar-refractivity contribution in [3.63, 3.8) is 0 Å². The molecule has 0 radical (unpaired) electrons. The molecule has 4 rings (SSSR count). The van der Waals surface area contributed by atoms with Crippen molar-refractivity contribution in [2.45, 2.75) is 55.6 Å². The van der Waals surface area contributed by atoms with Crippen LogP contribution in [0.2, 0.25) is 0 Å². The summed E-state index contributed by atoms with van der Waals surface area (Å²) in [6.07, 6.45) is 4.95. The van der Waals surface area contributed by atoms with Gasteiger partial charge in [0.25, 0.3) is 0 Å². The smallest absolute Gasteiger partial charge is 0.142 e. The lowest BCUT2D eigenvalue weighted by atomic mass is 10.0. The third-order valence-electron chi connectivity index (χ3n) is 4.65. The number of aromatic nitrogens is 2. The predicted octanol–water partition coefficient (Wildman–Crippen LogP) is 3.30. The van der Waals surface area contributed by atoms with E-state index in [0.717, 1.165) is 31.3 Å². The maximum atomic E-state index is 5.08. The maximum absolute atomic E-state index is 5.08. The van der Waals surface area contributed by atoms with Crippen LogP contribution in [0.1, 0.15) is 60.1 Å². The Balaban J connectivity index is 1.72. The van der Waals surface area contributed by atoms with Crippen molar-refractivity contribution in [1.82, 2.24) is 15.3 Å². The van der Waals surface area contributed by atoms with Crippen LogP contribution in [0.4, 0.5) is 0 Å². The standard InChI is InChI=1S/C16H23N3S2/c1-2-13-15(21-8-7-20-13)16-18-12-5-6-17-9-11(12)14(19-16)10-3-4-10/h10,13,15,17H,2-9H2,1H3. The fourth-order valence-corrected chi connectivity index (χ4v) is 6.34. The molecular weight excluding hydrogens is 298 g/mol. The second-order valence-electron chi connectivity index (χ2n) is 6.20. The first-order valence-electron chi connectivity index (χ1n) is 8.20. The largest absolute Gasteiger partial charge is 0.312 e. The van der Waals surface area contributed by atoms with E-state index in [4.69, 9.17) is 9.97 Å². The average Bonchev–Trinajstić information content (AvgIpc) is 3.38. The van der Waals surface area contributed by atoms with E-state index in [1.54, 1.807) is 0 Å². The van der Waals surface area contributed by atoms with E-state index in [1.807, 2.05) is 0 Å². The predicted molar refractivity (Wildman–Crippen MR) is 91.2 cm³/mol. The van der Waals surface area contributed by atoms with Crippen molar-refractivity contribution in [2.24, 2.45) is 0 Å². The Morgan fingerprint density at radius 3 is 2.86 bits per heavy atom. The quantitative estimate of drug-likeness (QED) is 0.924. The molecule has 2 unspecified atom stereocenters. The van der Waals surface area contributed by atoms with E-state index in [1.165, 1.54) is 47.7 Å². The van der Waals surface area contributed by atoms with E-state index < -0.39 is 0 Å². The van der Waals surface area contributed by atoms with E-state index >= 15 is 0 Å². The van der Waals surface area contributed by atoms with Gasteiger partial charge in [-0.15, -0.1) is 11.8 Å². The van der Waals surface area contributed by atoms with Crippen molar-refractivity contribution < 1.29 is 0 Å². The van der Waals surface area contributed by atoms with Gasteiger partial charge in [0, 0.05) is 47.7 Å². The number of thioether (sulfide) groups is 2. The highest BCUT2D eigenvalue weighted by atomic mass is 32.2. The number of nitrogens with zero attached hydrogens (tertiary/aromatic N) is 2. The van der Waals surface area contributed by atoms with Crippen LogP contribution in [-0.2, 0) is 13.0 Å². The molecule has 0 bridgehead atoms. The van der Waals surface area contributed by atoms with Gasteiger partial charge in [-0.1, -0.05) is 6.92 Å². The summed E-state index contributed by atoms with van der Waals surface area (Å²) in [6, 6.07) is 0. The highest BCUT2D eigenvalue weighted by molar-refractivity contribution is 8.06. The summed E-state index contributed by atoms with van der Waals surface area (Å²) >= 11 is 4.20. The molecule has 5 heteroatoms. The lowest BCUT2D eigenvalue weighted by molar-refractivity contribution is 0.604. The molecule has 0 spiro atoms. The van der Waals surface area contributed by atoms with Crippen molar-refractivity contribution in [1.29, 1.82) is 0 Å². The Bertz CT molecular complexity index is 530. The second-order valence-corrected chi connectivity index (χ2v) is 8.80. The lowest BCUT2D eigenvalue weighted by Gasteiger charge is -2.30. The van der Waals surface area contributed by atoms with Crippen LogP contribution in [0, 0.1) is 0 Å². The molecule has 1 saturated carbocycles.